The quantitative estimate of drug-likeness (QED) is 0.395. The SMILES string of the molecule is CC(NC(=O)c1nn(-c2ccc(C(F)(F)F)cc2)c(=O)n(Cc2ccc(F)cc2)c1=O)c1ccccc1. The first-order valence-electron chi connectivity index (χ1n) is 11.1. The van der Waals surface area contributed by atoms with Gasteiger partial charge in [-0.15, -0.1) is 0 Å². The Morgan fingerprint density at radius 1 is 0.946 bits per heavy atom. The number of amides is 1. The van der Waals surface area contributed by atoms with E-state index in [2.05, 4.69) is 10.4 Å². The Bertz CT molecular complexity index is 1530. The number of alkyl halides is 3. The Balaban J connectivity index is 1.80. The molecule has 7 nitrogen and oxygen atoms in total. The molecule has 11 heteroatoms. The molecule has 0 spiro atoms. The van der Waals surface area contributed by atoms with E-state index in [-0.39, 0.29) is 12.2 Å². The maximum atomic E-state index is 13.3. The maximum Gasteiger partial charge on any atom is 0.416 e. The zero-order valence-corrected chi connectivity index (χ0v) is 19.4. The Kier molecular flexibility index (Phi) is 7.05. The predicted octanol–water partition coefficient (Wildman–Crippen LogP) is 4.09. The molecule has 0 radical (unpaired) electrons. The van der Waals surface area contributed by atoms with Crippen LogP contribution in [0.25, 0.3) is 5.69 Å². The molecule has 0 saturated carbocycles. The van der Waals surface area contributed by atoms with E-state index in [0.29, 0.717) is 10.2 Å². The van der Waals surface area contributed by atoms with E-state index < -0.39 is 46.4 Å². The van der Waals surface area contributed by atoms with Gasteiger partial charge in [0.05, 0.1) is 23.8 Å². The van der Waals surface area contributed by atoms with Crippen LogP contribution >= 0.6 is 0 Å². The fraction of sp³-hybridized carbons (Fsp3) is 0.154. The zero-order chi connectivity index (χ0) is 26.7. The summed E-state index contributed by atoms with van der Waals surface area (Å²) in [5.74, 6) is -1.40. The van der Waals surface area contributed by atoms with Gasteiger partial charge in [-0.05, 0) is 54.4 Å². The van der Waals surface area contributed by atoms with Crippen molar-refractivity contribution in [1.29, 1.82) is 0 Å². The van der Waals surface area contributed by atoms with Crippen molar-refractivity contribution in [3.05, 3.63) is 128 Å². The van der Waals surface area contributed by atoms with Crippen molar-refractivity contribution in [2.24, 2.45) is 0 Å². The monoisotopic (exact) mass is 512 g/mol. The lowest BCUT2D eigenvalue weighted by Gasteiger charge is -2.16. The summed E-state index contributed by atoms with van der Waals surface area (Å²) in [6, 6.07) is 16.9. The van der Waals surface area contributed by atoms with Gasteiger partial charge in [0, 0.05) is 0 Å². The standard InChI is InChI=1S/C26H20F4N4O3/c1-16(18-5-3-2-4-6-18)31-23(35)22-24(36)33(15-17-7-11-20(27)12-8-17)25(37)34(32-22)21-13-9-19(10-14-21)26(28,29)30/h2-14,16H,15H2,1H3,(H,31,35). The van der Waals surface area contributed by atoms with Gasteiger partial charge in [-0.1, -0.05) is 42.5 Å². The molecule has 0 bridgehead atoms. The van der Waals surface area contributed by atoms with Gasteiger partial charge in [0.15, 0.2) is 0 Å². The number of aromatic nitrogens is 3. The molecule has 1 aromatic heterocycles. The van der Waals surface area contributed by atoms with Crippen LogP contribution in [0.1, 0.15) is 40.1 Å². The van der Waals surface area contributed by atoms with E-state index in [4.69, 9.17) is 0 Å². The number of hydrogen-bond donors (Lipinski definition) is 1. The summed E-state index contributed by atoms with van der Waals surface area (Å²) >= 11 is 0. The largest absolute Gasteiger partial charge is 0.416 e. The molecule has 0 saturated heterocycles. The fourth-order valence-electron chi connectivity index (χ4n) is 3.62. The van der Waals surface area contributed by atoms with Crippen molar-refractivity contribution < 1.29 is 22.4 Å². The first kappa shape index (κ1) is 25.5. The topological polar surface area (TPSA) is 86.0 Å². The number of hydrogen-bond acceptors (Lipinski definition) is 4. The first-order chi connectivity index (χ1) is 17.5. The minimum atomic E-state index is -4.60. The second kappa shape index (κ2) is 10.2. The van der Waals surface area contributed by atoms with Gasteiger partial charge < -0.3 is 5.32 Å². The van der Waals surface area contributed by atoms with Crippen LogP contribution in [0.3, 0.4) is 0 Å². The van der Waals surface area contributed by atoms with Crippen LogP contribution in [-0.4, -0.2) is 20.3 Å². The number of carbonyl (C=O) groups is 1. The van der Waals surface area contributed by atoms with Crippen molar-refractivity contribution in [3.63, 3.8) is 0 Å². The van der Waals surface area contributed by atoms with E-state index >= 15 is 0 Å². The number of benzene rings is 3. The van der Waals surface area contributed by atoms with Gasteiger partial charge in [-0.3, -0.25) is 14.2 Å². The van der Waals surface area contributed by atoms with Crippen LogP contribution in [0.2, 0.25) is 0 Å². The predicted molar refractivity (Wildman–Crippen MR) is 127 cm³/mol. The molecular weight excluding hydrogens is 492 g/mol. The van der Waals surface area contributed by atoms with Crippen molar-refractivity contribution in [3.8, 4) is 5.69 Å². The van der Waals surface area contributed by atoms with E-state index in [1.54, 1.807) is 37.3 Å². The minimum Gasteiger partial charge on any atom is -0.344 e. The molecule has 1 atom stereocenters. The Hall–Kier alpha value is -4.54. The van der Waals surface area contributed by atoms with Crippen molar-refractivity contribution in [2.75, 3.05) is 0 Å². The fourth-order valence-corrected chi connectivity index (χ4v) is 3.62. The van der Waals surface area contributed by atoms with Gasteiger partial charge in [0.2, 0.25) is 5.69 Å². The Labute approximate surface area is 207 Å². The third-order valence-electron chi connectivity index (χ3n) is 5.62. The van der Waals surface area contributed by atoms with Crippen LogP contribution in [-0.2, 0) is 12.7 Å². The highest BCUT2D eigenvalue weighted by molar-refractivity contribution is 5.92. The third-order valence-corrected chi connectivity index (χ3v) is 5.62. The van der Waals surface area contributed by atoms with Gasteiger partial charge in [-0.2, -0.15) is 23.0 Å². The number of carbonyl (C=O) groups excluding carboxylic acids is 1. The van der Waals surface area contributed by atoms with E-state index in [9.17, 15) is 31.9 Å². The van der Waals surface area contributed by atoms with Crippen LogP contribution in [0.15, 0.2) is 88.5 Å². The molecule has 4 aromatic rings. The summed E-state index contributed by atoms with van der Waals surface area (Å²) in [7, 11) is 0. The lowest BCUT2D eigenvalue weighted by molar-refractivity contribution is -0.137. The highest BCUT2D eigenvalue weighted by Crippen LogP contribution is 2.29. The molecule has 0 fully saturated rings. The lowest BCUT2D eigenvalue weighted by Crippen LogP contribution is -2.46. The van der Waals surface area contributed by atoms with Crippen LogP contribution in [0.4, 0.5) is 17.6 Å². The van der Waals surface area contributed by atoms with Gasteiger partial charge >= 0.3 is 11.9 Å². The second-order valence-corrected chi connectivity index (χ2v) is 8.21. The number of nitrogens with one attached hydrogen (secondary N) is 1. The van der Waals surface area contributed by atoms with Crippen molar-refractivity contribution in [2.45, 2.75) is 25.7 Å². The van der Waals surface area contributed by atoms with Crippen LogP contribution < -0.4 is 16.6 Å². The van der Waals surface area contributed by atoms with E-state index in [1.165, 1.54) is 12.1 Å². The molecule has 4 rings (SSSR count). The molecule has 190 valence electrons. The Morgan fingerprint density at radius 3 is 2.16 bits per heavy atom. The first-order valence-corrected chi connectivity index (χ1v) is 11.1. The number of nitrogens with zero attached hydrogens (tertiary/aromatic N) is 3. The molecule has 1 N–H and O–H groups in total. The average molecular weight is 512 g/mol. The molecule has 0 aliphatic carbocycles. The van der Waals surface area contributed by atoms with Crippen LogP contribution in [0, 0.1) is 5.82 Å². The third kappa shape index (κ3) is 5.66. The van der Waals surface area contributed by atoms with Gasteiger partial charge in [0.25, 0.3) is 11.5 Å². The van der Waals surface area contributed by atoms with Gasteiger partial charge in [-0.25, -0.2) is 9.18 Å². The van der Waals surface area contributed by atoms with E-state index in [0.717, 1.165) is 46.5 Å². The second-order valence-electron chi connectivity index (χ2n) is 8.21. The van der Waals surface area contributed by atoms with Crippen LogP contribution in [0.5, 0.6) is 0 Å². The lowest BCUT2D eigenvalue weighted by atomic mass is 10.1. The molecule has 3 aromatic carbocycles. The average Bonchev–Trinajstić information content (AvgIpc) is 2.88. The normalized spacial score (nSPS) is 12.2. The molecular formula is C26H20F4N4O3. The maximum absolute atomic E-state index is 13.3. The number of rotatable bonds is 6. The van der Waals surface area contributed by atoms with Crippen molar-refractivity contribution in [1.82, 2.24) is 19.7 Å². The zero-order valence-electron chi connectivity index (χ0n) is 19.4. The summed E-state index contributed by atoms with van der Waals surface area (Å²) in [5.41, 5.74) is -2.52. The summed E-state index contributed by atoms with van der Waals surface area (Å²) in [6.07, 6.45) is -4.60. The Morgan fingerprint density at radius 2 is 1.57 bits per heavy atom. The van der Waals surface area contributed by atoms with Crippen molar-refractivity contribution >= 4 is 5.91 Å². The summed E-state index contributed by atoms with van der Waals surface area (Å²) in [4.78, 5) is 39.5. The molecule has 1 amide bonds. The summed E-state index contributed by atoms with van der Waals surface area (Å²) < 4.78 is 53.8. The van der Waals surface area contributed by atoms with Gasteiger partial charge in [0.1, 0.15) is 5.82 Å². The van der Waals surface area contributed by atoms with E-state index in [1.807, 2.05) is 0 Å². The molecule has 0 aliphatic heterocycles. The highest BCUT2D eigenvalue weighted by Gasteiger charge is 2.30. The minimum absolute atomic E-state index is 0.0870. The number of halogens is 4. The summed E-state index contributed by atoms with van der Waals surface area (Å²) in [5, 5.41) is 6.57. The smallest absolute Gasteiger partial charge is 0.344 e. The molecule has 1 heterocycles. The molecule has 1 unspecified atom stereocenters. The molecule has 37 heavy (non-hydrogen) atoms. The summed E-state index contributed by atoms with van der Waals surface area (Å²) in [6.45, 7) is 1.37. The molecule has 0 aliphatic rings. The highest BCUT2D eigenvalue weighted by atomic mass is 19.4.